The molecule has 26 heavy (non-hydrogen) atoms. The van der Waals surface area contributed by atoms with Crippen LogP contribution in [0.4, 0.5) is 0 Å². The van der Waals surface area contributed by atoms with E-state index < -0.39 is 17.3 Å². The van der Waals surface area contributed by atoms with E-state index >= 15 is 0 Å². The second-order valence-corrected chi connectivity index (χ2v) is 10.1. The van der Waals surface area contributed by atoms with Gasteiger partial charge in [0, 0.05) is 17.7 Å². The summed E-state index contributed by atoms with van der Waals surface area (Å²) in [5.41, 5.74) is 0. The second kappa shape index (κ2) is 7.56. The van der Waals surface area contributed by atoms with Crippen LogP contribution >= 0.6 is 7.29 Å². The minimum absolute atomic E-state index is 0.127. The summed E-state index contributed by atoms with van der Waals surface area (Å²) in [4.78, 5) is 0.127. The van der Waals surface area contributed by atoms with Gasteiger partial charge in [0.2, 0.25) is 7.29 Å². The molecule has 7 heteroatoms. The lowest BCUT2D eigenvalue weighted by Crippen LogP contribution is -2.42. The molecule has 5 nitrogen and oxygen atoms in total. The number of nitrogens with one attached hydrogen (secondary N) is 1. The predicted octanol–water partition coefficient (Wildman–Crippen LogP) is 2.74. The molecule has 3 aromatic carbocycles. The first-order chi connectivity index (χ1) is 12.4. The van der Waals surface area contributed by atoms with Crippen molar-refractivity contribution in [2.75, 3.05) is 7.05 Å². The van der Waals surface area contributed by atoms with Gasteiger partial charge in [-0.2, -0.15) is 5.20 Å². The zero-order valence-corrected chi connectivity index (χ0v) is 15.9. The van der Waals surface area contributed by atoms with E-state index in [0.717, 1.165) is 4.41 Å². The Morgan fingerprint density at radius 2 is 1.12 bits per heavy atom. The highest BCUT2D eigenvalue weighted by atomic mass is 32.2. The highest BCUT2D eigenvalue weighted by Gasteiger charge is 2.32. The Morgan fingerprint density at radius 1 is 0.731 bits per heavy atom. The molecule has 0 heterocycles. The molecule has 0 saturated carbocycles. The van der Waals surface area contributed by atoms with Crippen LogP contribution in [0.25, 0.3) is 0 Å². The SMILES string of the molecule is CN(NP(=O)(c1ccccc1)c1ccccc1)S(=O)(=O)c1ccccc1. The first-order valence-corrected chi connectivity index (χ1v) is 11.1. The normalized spacial score (nSPS) is 12.2. The number of rotatable bonds is 6. The van der Waals surface area contributed by atoms with Crippen LogP contribution in [0, 0.1) is 0 Å². The van der Waals surface area contributed by atoms with Gasteiger partial charge in [0.25, 0.3) is 10.0 Å². The summed E-state index contributed by atoms with van der Waals surface area (Å²) in [6.07, 6.45) is 0. The van der Waals surface area contributed by atoms with E-state index in [0.29, 0.717) is 10.6 Å². The van der Waals surface area contributed by atoms with Gasteiger partial charge in [0.15, 0.2) is 0 Å². The van der Waals surface area contributed by atoms with E-state index in [1.165, 1.54) is 19.2 Å². The van der Waals surface area contributed by atoms with E-state index in [9.17, 15) is 13.0 Å². The summed E-state index contributed by atoms with van der Waals surface area (Å²) < 4.78 is 40.5. The van der Waals surface area contributed by atoms with Gasteiger partial charge in [-0.3, -0.25) is 4.57 Å². The molecule has 0 amide bonds. The predicted molar refractivity (Wildman–Crippen MR) is 104 cm³/mol. The van der Waals surface area contributed by atoms with E-state index in [2.05, 4.69) is 5.20 Å². The average molecular weight is 386 g/mol. The van der Waals surface area contributed by atoms with Crippen molar-refractivity contribution < 1.29 is 13.0 Å². The maximum atomic E-state index is 13.9. The molecule has 1 N–H and O–H groups in total. The standard InChI is InChI=1S/C19H19N2O3PS/c1-21(26(23,24)19-15-9-4-10-16-19)20-25(22,17-11-5-2-6-12-17)18-13-7-3-8-14-18/h2-16H,1H3,(H,20,22). The quantitative estimate of drug-likeness (QED) is 0.523. The molecule has 0 unspecified atom stereocenters. The zero-order valence-electron chi connectivity index (χ0n) is 14.2. The van der Waals surface area contributed by atoms with Crippen LogP contribution in [-0.4, -0.2) is 19.9 Å². The maximum absolute atomic E-state index is 13.9. The molecule has 3 aromatic rings. The van der Waals surface area contributed by atoms with Crippen LogP contribution < -0.4 is 15.8 Å². The van der Waals surface area contributed by atoms with Gasteiger partial charge in [-0.15, -0.1) is 4.41 Å². The van der Waals surface area contributed by atoms with Crippen molar-refractivity contribution in [3.05, 3.63) is 91.0 Å². The lowest BCUT2D eigenvalue weighted by Gasteiger charge is -2.26. The number of nitrogens with zero attached hydrogens (tertiary/aromatic N) is 1. The first kappa shape index (κ1) is 18.5. The van der Waals surface area contributed by atoms with Crippen molar-refractivity contribution in [3.63, 3.8) is 0 Å². The maximum Gasteiger partial charge on any atom is 0.255 e. The third-order valence-electron chi connectivity index (χ3n) is 3.92. The van der Waals surface area contributed by atoms with E-state index in [4.69, 9.17) is 0 Å². The van der Waals surface area contributed by atoms with Gasteiger partial charge in [-0.25, -0.2) is 8.42 Å². The Bertz CT molecular complexity index is 967. The third kappa shape index (κ3) is 3.64. The first-order valence-electron chi connectivity index (χ1n) is 7.98. The van der Waals surface area contributed by atoms with Crippen molar-refractivity contribution in [1.82, 2.24) is 9.61 Å². The Kier molecular flexibility index (Phi) is 5.39. The molecule has 0 aliphatic rings. The van der Waals surface area contributed by atoms with Gasteiger partial charge < -0.3 is 0 Å². The molecule has 0 saturated heterocycles. The topological polar surface area (TPSA) is 66.5 Å². The lowest BCUT2D eigenvalue weighted by atomic mass is 10.4. The number of benzene rings is 3. The molecule has 0 aliphatic carbocycles. The van der Waals surface area contributed by atoms with Crippen molar-refractivity contribution in [2.45, 2.75) is 4.90 Å². The summed E-state index contributed by atoms with van der Waals surface area (Å²) in [6.45, 7) is 0. The van der Waals surface area contributed by atoms with Gasteiger partial charge >= 0.3 is 0 Å². The minimum Gasteiger partial charge on any atom is -0.295 e. The molecule has 0 atom stereocenters. The van der Waals surface area contributed by atoms with E-state index in [-0.39, 0.29) is 4.90 Å². The zero-order chi connectivity index (χ0) is 18.6. The summed E-state index contributed by atoms with van der Waals surface area (Å²) in [6, 6.07) is 25.7. The van der Waals surface area contributed by atoms with Crippen LogP contribution in [0.3, 0.4) is 0 Å². The smallest absolute Gasteiger partial charge is 0.255 e. The van der Waals surface area contributed by atoms with E-state index in [1.54, 1.807) is 66.7 Å². The minimum atomic E-state index is -3.84. The van der Waals surface area contributed by atoms with Gasteiger partial charge in [-0.05, 0) is 36.4 Å². The molecule has 0 aromatic heterocycles. The Hall–Kier alpha value is -2.24. The fourth-order valence-corrected chi connectivity index (χ4v) is 6.24. The van der Waals surface area contributed by atoms with Crippen LogP contribution in [0.2, 0.25) is 0 Å². The monoisotopic (exact) mass is 386 g/mol. The molecule has 0 aliphatic heterocycles. The highest BCUT2D eigenvalue weighted by molar-refractivity contribution is 7.89. The van der Waals surface area contributed by atoms with Gasteiger partial charge in [0.1, 0.15) is 0 Å². The number of hydrogen-bond acceptors (Lipinski definition) is 3. The Labute approximate surface area is 153 Å². The van der Waals surface area contributed by atoms with Gasteiger partial charge in [-0.1, -0.05) is 54.6 Å². The fraction of sp³-hybridized carbons (Fsp3) is 0.0526. The molecule has 0 fully saturated rings. The van der Waals surface area contributed by atoms with Crippen LogP contribution in [0.15, 0.2) is 95.9 Å². The van der Waals surface area contributed by atoms with E-state index in [1.807, 2.05) is 12.1 Å². The average Bonchev–Trinajstić information content (AvgIpc) is 2.70. The fourth-order valence-electron chi connectivity index (χ4n) is 2.54. The van der Waals surface area contributed by atoms with Crippen molar-refractivity contribution in [3.8, 4) is 0 Å². The molecule has 3 rings (SSSR count). The van der Waals surface area contributed by atoms with Crippen molar-refractivity contribution >= 4 is 27.9 Å². The highest BCUT2D eigenvalue weighted by Crippen LogP contribution is 2.39. The third-order valence-corrected chi connectivity index (χ3v) is 8.37. The molecular weight excluding hydrogens is 367 g/mol. The van der Waals surface area contributed by atoms with Gasteiger partial charge in [0.05, 0.1) is 4.90 Å². The molecule has 134 valence electrons. The summed E-state index contributed by atoms with van der Waals surface area (Å²) in [5.74, 6) is 0. The summed E-state index contributed by atoms with van der Waals surface area (Å²) in [5, 5.41) is 3.82. The van der Waals surface area contributed by atoms with Crippen molar-refractivity contribution in [1.29, 1.82) is 0 Å². The molecule has 0 radical (unpaired) electrons. The number of sulfonamides is 1. The van der Waals surface area contributed by atoms with Crippen LogP contribution in [0.1, 0.15) is 0 Å². The second-order valence-electron chi connectivity index (χ2n) is 5.67. The lowest BCUT2D eigenvalue weighted by molar-refractivity contribution is 0.437. The molecule has 0 bridgehead atoms. The number of hydrazine groups is 1. The van der Waals surface area contributed by atoms with Crippen LogP contribution in [0.5, 0.6) is 0 Å². The summed E-state index contributed by atoms with van der Waals surface area (Å²) >= 11 is 0. The van der Waals surface area contributed by atoms with Crippen molar-refractivity contribution in [2.24, 2.45) is 0 Å². The summed E-state index contributed by atoms with van der Waals surface area (Å²) in [7, 11) is -5.88. The molecular formula is C19H19N2O3PS. The van der Waals surface area contributed by atoms with Crippen LogP contribution in [-0.2, 0) is 14.6 Å². The Balaban J connectivity index is 2.04. The Morgan fingerprint density at radius 3 is 1.54 bits per heavy atom. The number of hydrogen-bond donors (Lipinski definition) is 1. The molecule has 0 spiro atoms. The largest absolute Gasteiger partial charge is 0.295 e.